The summed E-state index contributed by atoms with van der Waals surface area (Å²) in [5.74, 6) is 0.707. The smallest absolute Gasteiger partial charge is 0.257 e. The zero-order valence-electron chi connectivity index (χ0n) is 5.83. The van der Waals surface area contributed by atoms with Crippen LogP contribution < -0.4 is 4.74 Å². The highest BCUT2D eigenvalue weighted by Gasteiger charge is 2.01. The van der Waals surface area contributed by atoms with Gasteiger partial charge in [0.25, 0.3) is 5.88 Å². The SMILES string of the molecule is COc1cnc(C)nc1O. The van der Waals surface area contributed by atoms with Gasteiger partial charge in [-0.15, -0.1) is 0 Å². The second-order valence-electron chi connectivity index (χ2n) is 1.81. The number of rotatable bonds is 1. The molecule has 0 aliphatic rings. The van der Waals surface area contributed by atoms with Crippen LogP contribution in [0.3, 0.4) is 0 Å². The van der Waals surface area contributed by atoms with Gasteiger partial charge in [0.15, 0.2) is 5.75 Å². The minimum Gasteiger partial charge on any atom is -0.491 e. The molecule has 10 heavy (non-hydrogen) atoms. The predicted octanol–water partition coefficient (Wildman–Crippen LogP) is 0.499. The van der Waals surface area contributed by atoms with E-state index < -0.39 is 0 Å². The normalized spacial score (nSPS) is 9.40. The quantitative estimate of drug-likeness (QED) is 0.617. The molecular formula is C6H8N2O2. The van der Waals surface area contributed by atoms with E-state index in [1.165, 1.54) is 13.3 Å². The molecule has 0 bridgehead atoms. The lowest BCUT2D eigenvalue weighted by molar-refractivity contribution is 0.359. The molecule has 0 aliphatic carbocycles. The molecule has 1 heterocycles. The first-order valence-corrected chi connectivity index (χ1v) is 2.80. The molecule has 0 unspecified atom stereocenters. The van der Waals surface area contributed by atoms with Gasteiger partial charge in [-0.2, -0.15) is 4.98 Å². The van der Waals surface area contributed by atoms with Crippen LogP contribution in [0.5, 0.6) is 11.6 Å². The van der Waals surface area contributed by atoms with Gasteiger partial charge in [-0.05, 0) is 6.92 Å². The second-order valence-corrected chi connectivity index (χ2v) is 1.81. The number of aryl methyl sites for hydroxylation is 1. The molecule has 0 atom stereocenters. The van der Waals surface area contributed by atoms with Gasteiger partial charge >= 0.3 is 0 Å². The van der Waals surface area contributed by atoms with Gasteiger partial charge in [-0.25, -0.2) is 4.98 Å². The van der Waals surface area contributed by atoms with E-state index in [0.29, 0.717) is 11.6 Å². The molecule has 54 valence electrons. The van der Waals surface area contributed by atoms with Crippen molar-refractivity contribution in [3.8, 4) is 11.6 Å². The molecule has 1 rings (SSSR count). The number of hydrogen-bond acceptors (Lipinski definition) is 4. The fourth-order valence-electron chi connectivity index (χ4n) is 0.591. The molecular weight excluding hydrogens is 132 g/mol. The summed E-state index contributed by atoms with van der Waals surface area (Å²) >= 11 is 0. The maximum Gasteiger partial charge on any atom is 0.257 e. The second kappa shape index (κ2) is 2.51. The Morgan fingerprint density at radius 1 is 1.60 bits per heavy atom. The Bertz CT molecular complexity index is 237. The van der Waals surface area contributed by atoms with E-state index >= 15 is 0 Å². The van der Waals surface area contributed by atoms with Crippen molar-refractivity contribution in [2.45, 2.75) is 6.92 Å². The topological polar surface area (TPSA) is 55.2 Å². The van der Waals surface area contributed by atoms with E-state index in [-0.39, 0.29) is 5.88 Å². The summed E-state index contributed by atoms with van der Waals surface area (Å²) < 4.78 is 4.72. The first-order chi connectivity index (χ1) is 4.74. The lowest BCUT2D eigenvalue weighted by Gasteiger charge is -1.99. The van der Waals surface area contributed by atoms with Crippen molar-refractivity contribution in [3.63, 3.8) is 0 Å². The molecule has 0 radical (unpaired) electrons. The Balaban J connectivity index is 3.07. The molecule has 0 spiro atoms. The van der Waals surface area contributed by atoms with Crippen molar-refractivity contribution in [1.29, 1.82) is 0 Å². The highest BCUT2D eigenvalue weighted by atomic mass is 16.5. The number of hydrogen-bond donors (Lipinski definition) is 1. The Kier molecular flexibility index (Phi) is 1.71. The summed E-state index contributed by atoms with van der Waals surface area (Å²) in [7, 11) is 1.45. The Morgan fingerprint density at radius 3 is 2.80 bits per heavy atom. The minimum absolute atomic E-state index is 0.116. The highest BCUT2D eigenvalue weighted by Crippen LogP contribution is 2.19. The van der Waals surface area contributed by atoms with Gasteiger partial charge < -0.3 is 9.84 Å². The summed E-state index contributed by atoms with van der Waals surface area (Å²) in [6.45, 7) is 1.69. The van der Waals surface area contributed by atoms with Gasteiger partial charge in [0.1, 0.15) is 5.82 Å². The van der Waals surface area contributed by atoms with Crippen LogP contribution in [0.2, 0.25) is 0 Å². The van der Waals surface area contributed by atoms with Crippen LogP contribution in [0.1, 0.15) is 5.82 Å². The average Bonchev–Trinajstić information content (AvgIpc) is 1.88. The van der Waals surface area contributed by atoms with E-state index in [0.717, 1.165) is 0 Å². The fraction of sp³-hybridized carbons (Fsp3) is 0.333. The molecule has 4 nitrogen and oxygen atoms in total. The first kappa shape index (κ1) is 6.80. The molecule has 1 N–H and O–H groups in total. The van der Waals surface area contributed by atoms with Crippen molar-refractivity contribution in [1.82, 2.24) is 9.97 Å². The third-order valence-electron chi connectivity index (χ3n) is 1.08. The van der Waals surface area contributed by atoms with Crippen LogP contribution in [0.25, 0.3) is 0 Å². The summed E-state index contributed by atoms with van der Waals surface area (Å²) in [6.07, 6.45) is 1.43. The van der Waals surface area contributed by atoms with E-state index in [2.05, 4.69) is 9.97 Å². The minimum atomic E-state index is -0.116. The van der Waals surface area contributed by atoms with Gasteiger partial charge in [-0.3, -0.25) is 0 Å². The number of aromatic hydroxyl groups is 1. The largest absolute Gasteiger partial charge is 0.491 e. The molecule has 0 amide bonds. The van der Waals surface area contributed by atoms with Gasteiger partial charge in [0, 0.05) is 0 Å². The van der Waals surface area contributed by atoms with Crippen molar-refractivity contribution < 1.29 is 9.84 Å². The number of ether oxygens (including phenoxy) is 1. The van der Waals surface area contributed by atoms with Gasteiger partial charge in [0.2, 0.25) is 0 Å². The molecule has 0 saturated carbocycles. The zero-order chi connectivity index (χ0) is 7.56. The van der Waals surface area contributed by atoms with E-state index in [1.807, 2.05) is 0 Å². The third kappa shape index (κ3) is 1.15. The van der Waals surface area contributed by atoms with Crippen LogP contribution in [0.4, 0.5) is 0 Å². The molecule has 0 aromatic carbocycles. The van der Waals surface area contributed by atoms with E-state index in [4.69, 9.17) is 9.84 Å². The summed E-state index contributed by atoms with van der Waals surface area (Å²) in [6, 6.07) is 0. The average molecular weight is 140 g/mol. The van der Waals surface area contributed by atoms with Crippen molar-refractivity contribution in [2.24, 2.45) is 0 Å². The van der Waals surface area contributed by atoms with Crippen LogP contribution in [0, 0.1) is 6.92 Å². The molecule has 0 fully saturated rings. The number of aromatic nitrogens is 2. The maximum atomic E-state index is 9.02. The van der Waals surface area contributed by atoms with Crippen molar-refractivity contribution >= 4 is 0 Å². The monoisotopic (exact) mass is 140 g/mol. The highest BCUT2D eigenvalue weighted by molar-refractivity contribution is 5.28. The predicted molar refractivity (Wildman–Crippen MR) is 35.0 cm³/mol. The van der Waals surface area contributed by atoms with Crippen LogP contribution >= 0.6 is 0 Å². The summed E-state index contributed by atoms with van der Waals surface area (Å²) in [5.41, 5.74) is 0. The van der Waals surface area contributed by atoms with Gasteiger partial charge in [-0.1, -0.05) is 0 Å². The number of nitrogens with zero attached hydrogens (tertiary/aromatic N) is 2. The molecule has 1 aromatic heterocycles. The Hall–Kier alpha value is -1.32. The van der Waals surface area contributed by atoms with E-state index in [1.54, 1.807) is 6.92 Å². The standard InChI is InChI=1S/C6H8N2O2/c1-4-7-3-5(10-2)6(9)8-4/h3H,1-2H3,(H,7,8,9). The maximum absolute atomic E-state index is 9.02. The third-order valence-corrected chi connectivity index (χ3v) is 1.08. The first-order valence-electron chi connectivity index (χ1n) is 2.80. The fourth-order valence-corrected chi connectivity index (χ4v) is 0.591. The van der Waals surface area contributed by atoms with Gasteiger partial charge in [0.05, 0.1) is 13.3 Å². The van der Waals surface area contributed by atoms with Crippen LogP contribution in [0.15, 0.2) is 6.20 Å². The zero-order valence-corrected chi connectivity index (χ0v) is 5.83. The molecule has 0 saturated heterocycles. The molecule has 4 heteroatoms. The summed E-state index contributed by atoms with van der Waals surface area (Å²) in [5, 5.41) is 9.02. The number of methoxy groups -OCH3 is 1. The van der Waals surface area contributed by atoms with Crippen molar-refractivity contribution in [2.75, 3.05) is 7.11 Å². The Labute approximate surface area is 58.5 Å². The summed E-state index contributed by atoms with van der Waals surface area (Å²) in [4.78, 5) is 7.48. The lowest BCUT2D eigenvalue weighted by atomic mass is 10.5. The van der Waals surface area contributed by atoms with E-state index in [9.17, 15) is 0 Å². The lowest BCUT2D eigenvalue weighted by Crippen LogP contribution is -1.90. The van der Waals surface area contributed by atoms with Crippen LogP contribution in [-0.2, 0) is 0 Å². The van der Waals surface area contributed by atoms with Crippen molar-refractivity contribution in [3.05, 3.63) is 12.0 Å². The molecule has 0 aliphatic heterocycles. The van der Waals surface area contributed by atoms with Crippen LogP contribution in [-0.4, -0.2) is 22.2 Å². The molecule has 1 aromatic rings. The Morgan fingerprint density at radius 2 is 2.30 bits per heavy atom.